The number of aromatic nitrogens is 2. The van der Waals surface area contributed by atoms with Gasteiger partial charge in [0.2, 0.25) is 10.0 Å². The highest BCUT2D eigenvalue weighted by Crippen LogP contribution is 2.28. The van der Waals surface area contributed by atoms with Crippen molar-refractivity contribution in [3.8, 4) is 11.5 Å². The van der Waals surface area contributed by atoms with E-state index in [1.807, 2.05) is 6.07 Å². The van der Waals surface area contributed by atoms with E-state index in [4.69, 9.17) is 9.47 Å². The van der Waals surface area contributed by atoms with Crippen LogP contribution in [0.15, 0.2) is 47.6 Å². The van der Waals surface area contributed by atoms with Gasteiger partial charge in [-0.25, -0.2) is 18.1 Å². The molecule has 0 aliphatic carbocycles. The average Bonchev–Trinajstić information content (AvgIpc) is 3.02. The van der Waals surface area contributed by atoms with Gasteiger partial charge in [-0.1, -0.05) is 0 Å². The fourth-order valence-corrected chi connectivity index (χ4v) is 3.59. The summed E-state index contributed by atoms with van der Waals surface area (Å²) in [6.45, 7) is 0.133. The number of ether oxygens (including phenoxy) is 2. The summed E-state index contributed by atoms with van der Waals surface area (Å²) in [4.78, 5) is 7.23. The predicted molar refractivity (Wildman–Crippen MR) is 89.7 cm³/mol. The molecule has 0 unspecified atom stereocenters. The normalized spacial score (nSPS) is 11.6. The molecule has 24 heavy (non-hydrogen) atoms. The van der Waals surface area contributed by atoms with Crippen molar-refractivity contribution in [1.82, 2.24) is 14.7 Å². The molecule has 2 aromatic heterocycles. The molecule has 2 N–H and O–H groups in total. The summed E-state index contributed by atoms with van der Waals surface area (Å²) in [5.74, 6) is 0.691. The second kappa shape index (κ2) is 6.50. The van der Waals surface area contributed by atoms with Crippen LogP contribution >= 0.6 is 0 Å². The molecule has 126 valence electrons. The van der Waals surface area contributed by atoms with Gasteiger partial charge in [-0.3, -0.25) is 0 Å². The van der Waals surface area contributed by atoms with Crippen LogP contribution in [-0.2, 0) is 16.6 Å². The fraction of sp³-hybridized carbons (Fsp3) is 0.188. The van der Waals surface area contributed by atoms with E-state index in [0.717, 1.165) is 10.9 Å². The Labute approximate surface area is 139 Å². The zero-order valence-electron chi connectivity index (χ0n) is 13.2. The number of hydrogen-bond acceptors (Lipinski definition) is 5. The Hall–Kier alpha value is -2.58. The molecule has 0 bridgehead atoms. The minimum absolute atomic E-state index is 0.0299. The zero-order chi connectivity index (χ0) is 17.2. The topological polar surface area (TPSA) is 93.3 Å². The summed E-state index contributed by atoms with van der Waals surface area (Å²) in [7, 11) is -0.870. The zero-order valence-corrected chi connectivity index (χ0v) is 14.1. The molecule has 0 amide bonds. The SMILES string of the molecule is COc1ccc(OC)c(S(=O)(=O)NCc2c[nH]c3ncccc23)c1. The molecule has 8 heteroatoms. The van der Waals surface area contributed by atoms with Crippen molar-refractivity contribution in [3.63, 3.8) is 0 Å². The number of benzene rings is 1. The van der Waals surface area contributed by atoms with Crippen molar-refractivity contribution < 1.29 is 17.9 Å². The number of nitrogens with zero attached hydrogens (tertiary/aromatic N) is 1. The van der Waals surface area contributed by atoms with Crippen LogP contribution in [0, 0.1) is 0 Å². The number of pyridine rings is 1. The maximum Gasteiger partial charge on any atom is 0.244 e. The lowest BCUT2D eigenvalue weighted by molar-refractivity contribution is 0.392. The van der Waals surface area contributed by atoms with Gasteiger partial charge in [0.15, 0.2) is 0 Å². The Bertz CT molecular complexity index is 966. The van der Waals surface area contributed by atoms with Crippen LogP contribution in [0.4, 0.5) is 0 Å². The molecule has 0 radical (unpaired) electrons. The third-order valence-corrected chi connectivity index (χ3v) is 5.07. The smallest absolute Gasteiger partial charge is 0.244 e. The number of fused-ring (bicyclic) bond motifs is 1. The quantitative estimate of drug-likeness (QED) is 0.712. The Kier molecular flexibility index (Phi) is 4.41. The second-order valence-corrected chi connectivity index (χ2v) is 6.79. The van der Waals surface area contributed by atoms with Gasteiger partial charge in [-0.2, -0.15) is 0 Å². The minimum atomic E-state index is -3.77. The van der Waals surface area contributed by atoms with E-state index in [9.17, 15) is 8.42 Å². The summed E-state index contributed by atoms with van der Waals surface area (Å²) in [5.41, 5.74) is 1.52. The third-order valence-electron chi connectivity index (χ3n) is 3.65. The molecule has 0 fully saturated rings. The summed E-state index contributed by atoms with van der Waals surface area (Å²) < 4.78 is 38.1. The Balaban J connectivity index is 1.89. The molecule has 3 rings (SSSR count). The van der Waals surface area contributed by atoms with Gasteiger partial charge >= 0.3 is 0 Å². The van der Waals surface area contributed by atoms with Crippen molar-refractivity contribution in [2.24, 2.45) is 0 Å². The van der Waals surface area contributed by atoms with Gasteiger partial charge in [-0.15, -0.1) is 0 Å². The van der Waals surface area contributed by atoms with Crippen LogP contribution in [0.5, 0.6) is 11.5 Å². The molecular weight excluding hydrogens is 330 g/mol. The monoisotopic (exact) mass is 347 g/mol. The van der Waals surface area contributed by atoms with Crippen LogP contribution < -0.4 is 14.2 Å². The molecule has 0 saturated heterocycles. The highest BCUT2D eigenvalue weighted by atomic mass is 32.2. The van der Waals surface area contributed by atoms with E-state index < -0.39 is 10.0 Å². The second-order valence-electron chi connectivity index (χ2n) is 5.05. The van der Waals surface area contributed by atoms with Gasteiger partial charge in [-0.05, 0) is 29.8 Å². The van der Waals surface area contributed by atoms with Gasteiger partial charge < -0.3 is 14.5 Å². The lowest BCUT2D eigenvalue weighted by atomic mass is 10.2. The standard InChI is InChI=1S/C16H17N3O4S/c1-22-12-5-6-14(23-2)15(8-12)24(20,21)19-10-11-9-18-16-13(11)4-3-7-17-16/h3-9,19H,10H2,1-2H3,(H,17,18). The number of sulfonamides is 1. The number of rotatable bonds is 6. The molecule has 7 nitrogen and oxygen atoms in total. The fourth-order valence-electron chi connectivity index (χ4n) is 2.40. The first kappa shape index (κ1) is 16.3. The van der Waals surface area contributed by atoms with Gasteiger partial charge in [0.1, 0.15) is 22.0 Å². The number of methoxy groups -OCH3 is 2. The summed E-state index contributed by atoms with van der Waals surface area (Å²) in [6.07, 6.45) is 3.41. The van der Waals surface area contributed by atoms with Crippen molar-refractivity contribution >= 4 is 21.1 Å². The van der Waals surface area contributed by atoms with E-state index in [1.165, 1.54) is 20.3 Å². The van der Waals surface area contributed by atoms with Crippen LogP contribution in [-0.4, -0.2) is 32.6 Å². The van der Waals surface area contributed by atoms with E-state index >= 15 is 0 Å². The largest absolute Gasteiger partial charge is 0.497 e. The van der Waals surface area contributed by atoms with Crippen molar-refractivity contribution in [2.75, 3.05) is 14.2 Å². The molecule has 0 aliphatic heterocycles. The highest BCUT2D eigenvalue weighted by Gasteiger charge is 2.21. The summed E-state index contributed by atoms with van der Waals surface area (Å²) in [6, 6.07) is 8.32. The maximum absolute atomic E-state index is 12.6. The first-order valence-electron chi connectivity index (χ1n) is 7.18. The Morgan fingerprint density at radius 2 is 2.04 bits per heavy atom. The molecule has 3 aromatic rings. The van der Waals surface area contributed by atoms with E-state index in [2.05, 4.69) is 14.7 Å². The van der Waals surface area contributed by atoms with Gasteiger partial charge in [0.05, 0.1) is 14.2 Å². The summed E-state index contributed by atoms with van der Waals surface area (Å²) >= 11 is 0. The van der Waals surface area contributed by atoms with Gasteiger partial charge in [0, 0.05) is 30.4 Å². The third kappa shape index (κ3) is 3.06. The molecular formula is C16H17N3O4S. The maximum atomic E-state index is 12.6. The van der Waals surface area contributed by atoms with E-state index in [1.54, 1.807) is 30.6 Å². The number of nitrogens with one attached hydrogen (secondary N) is 2. The average molecular weight is 347 g/mol. The van der Waals surface area contributed by atoms with Crippen molar-refractivity contribution in [3.05, 3.63) is 48.3 Å². The Morgan fingerprint density at radius 3 is 2.79 bits per heavy atom. The summed E-state index contributed by atoms with van der Waals surface area (Å²) in [5, 5.41) is 0.873. The number of hydrogen-bond donors (Lipinski definition) is 2. The lowest BCUT2D eigenvalue weighted by Gasteiger charge is -2.12. The van der Waals surface area contributed by atoms with E-state index in [-0.39, 0.29) is 17.2 Å². The number of aromatic amines is 1. The molecule has 2 heterocycles. The van der Waals surface area contributed by atoms with Crippen molar-refractivity contribution in [1.29, 1.82) is 0 Å². The molecule has 0 aliphatic rings. The van der Waals surface area contributed by atoms with Crippen LogP contribution in [0.25, 0.3) is 11.0 Å². The molecule has 0 atom stereocenters. The minimum Gasteiger partial charge on any atom is -0.497 e. The lowest BCUT2D eigenvalue weighted by Crippen LogP contribution is -2.23. The van der Waals surface area contributed by atoms with E-state index in [0.29, 0.717) is 11.4 Å². The first-order valence-corrected chi connectivity index (χ1v) is 8.66. The van der Waals surface area contributed by atoms with Crippen LogP contribution in [0.2, 0.25) is 0 Å². The van der Waals surface area contributed by atoms with Crippen LogP contribution in [0.3, 0.4) is 0 Å². The van der Waals surface area contributed by atoms with Crippen LogP contribution in [0.1, 0.15) is 5.56 Å². The Morgan fingerprint density at radius 1 is 1.21 bits per heavy atom. The highest BCUT2D eigenvalue weighted by molar-refractivity contribution is 7.89. The van der Waals surface area contributed by atoms with Gasteiger partial charge in [0.25, 0.3) is 0 Å². The first-order chi connectivity index (χ1) is 11.5. The van der Waals surface area contributed by atoms with Crippen molar-refractivity contribution in [2.45, 2.75) is 11.4 Å². The molecule has 0 saturated carbocycles. The number of H-pyrrole nitrogens is 1. The molecule has 0 spiro atoms. The predicted octanol–water partition coefficient (Wildman–Crippen LogP) is 2.06. The molecule has 1 aromatic carbocycles.